The van der Waals surface area contributed by atoms with Crippen LogP contribution in [0.25, 0.3) is 11.0 Å². The third-order valence-corrected chi connectivity index (χ3v) is 3.81. The third kappa shape index (κ3) is 2.22. The summed E-state index contributed by atoms with van der Waals surface area (Å²) in [6.07, 6.45) is 3.75. The predicted molar refractivity (Wildman–Crippen MR) is 77.9 cm³/mol. The van der Waals surface area contributed by atoms with E-state index in [2.05, 4.69) is 15.1 Å². The van der Waals surface area contributed by atoms with E-state index in [1.807, 2.05) is 0 Å². The van der Waals surface area contributed by atoms with E-state index in [1.165, 1.54) is 18.6 Å². The second-order valence-electron chi connectivity index (χ2n) is 5.19. The second kappa shape index (κ2) is 5.58. The SMILES string of the molecule is O=Cc1cc2c(N3C(=O)OCC3c3cnccn3)noc2c(F)c1F. The highest BCUT2D eigenvalue weighted by molar-refractivity contribution is 6.01. The molecule has 3 aromatic rings. The number of aldehydes is 1. The summed E-state index contributed by atoms with van der Waals surface area (Å²) >= 11 is 0. The fourth-order valence-electron chi connectivity index (χ4n) is 2.64. The lowest BCUT2D eigenvalue weighted by Gasteiger charge is -2.17. The van der Waals surface area contributed by atoms with Crippen LogP contribution in [-0.2, 0) is 4.74 Å². The Kier molecular flexibility index (Phi) is 3.38. The van der Waals surface area contributed by atoms with E-state index in [-0.39, 0.29) is 24.1 Å². The number of benzene rings is 1. The third-order valence-electron chi connectivity index (χ3n) is 3.81. The van der Waals surface area contributed by atoms with Gasteiger partial charge in [-0.25, -0.2) is 14.1 Å². The van der Waals surface area contributed by atoms with E-state index in [0.717, 1.165) is 11.0 Å². The molecule has 126 valence electrons. The summed E-state index contributed by atoms with van der Waals surface area (Å²) in [7, 11) is 0. The van der Waals surface area contributed by atoms with Gasteiger partial charge in [-0.2, -0.15) is 4.39 Å². The van der Waals surface area contributed by atoms with E-state index in [4.69, 9.17) is 9.26 Å². The van der Waals surface area contributed by atoms with E-state index in [0.29, 0.717) is 5.69 Å². The number of carbonyl (C=O) groups is 2. The standard InChI is InChI=1S/C15H8F2N4O4/c16-11-7(5-22)3-8-13(12(11)17)25-20-14(8)21-10(6-24-15(21)23)9-4-18-1-2-19-9/h1-5,10H,6H2. The van der Waals surface area contributed by atoms with E-state index in [9.17, 15) is 18.4 Å². The van der Waals surface area contributed by atoms with Gasteiger partial charge in [0, 0.05) is 12.4 Å². The summed E-state index contributed by atoms with van der Waals surface area (Å²) in [4.78, 5) is 32.2. The van der Waals surface area contributed by atoms with Crippen molar-refractivity contribution < 1.29 is 27.6 Å². The van der Waals surface area contributed by atoms with Crippen molar-refractivity contribution in [1.82, 2.24) is 15.1 Å². The number of ether oxygens (including phenoxy) is 1. The lowest BCUT2D eigenvalue weighted by atomic mass is 10.1. The maximum absolute atomic E-state index is 14.0. The number of amides is 1. The maximum atomic E-state index is 14.0. The number of cyclic esters (lactones) is 1. The van der Waals surface area contributed by atoms with Crippen molar-refractivity contribution in [3.63, 3.8) is 0 Å². The van der Waals surface area contributed by atoms with Gasteiger partial charge in [0.25, 0.3) is 0 Å². The fraction of sp³-hybridized carbons (Fsp3) is 0.133. The fourth-order valence-corrected chi connectivity index (χ4v) is 2.64. The number of nitrogens with zero attached hydrogens (tertiary/aromatic N) is 4. The smallest absolute Gasteiger partial charge is 0.416 e. The Morgan fingerprint density at radius 3 is 2.84 bits per heavy atom. The van der Waals surface area contributed by atoms with Crippen molar-refractivity contribution >= 4 is 29.2 Å². The van der Waals surface area contributed by atoms with Crippen molar-refractivity contribution in [3.05, 3.63) is 47.5 Å². The van der Waals surface area contributed by atoms with Gasteiger partial charge in [0.2, 0.25) is 11.4 Å². The zero-order valence-corrected chi connectivity index (χ0v) is 12.3. The number of hydrogen-bond donors (Lipinski definition) is 0. The van der Waals surface area contributed by atoms with Crippen LogP contribution in [0.1, 0.15) is 22.1 Å². The average Bonchev–Trinajstić information content (AvgIpc) is 3.22. The number of aromatic nitrogens is 3. The number of fused-ring (bicyclic) bond motifs is 1. The first kappa shape index (κ1) is 15.1. The number of hydrogen-bond acceptors (Lipinski definition) is 7. The van der Waals surface area contributed by atoms with E-state index >= 15 is 0 Å². The van der Waals surface area contributed by atoms with Gasteiger partial charge in [0.05, 0.1) is 22.8 Å². The highest BCUT2D eigenvalue weighted by atomic mass is 19.2. The Morgan fingerprint density at radius 2 is 2.12 bits per heavy atom. The van der Waals surface area contributed by atoms with Gasteiger partial charge in [-0.1, -0.05) is 5.16 Å². The van der Waals surface area contributed by atoms with E-state index in [1.54, 1.807) is 0 Å². The van der Waals surface area contributed by atoms with Crippen LogP contribution in [0.2, 0.25) is 0 Å². The lowest BCUT2D eigenvalue weighted by molar-refractivity contribution is 0.111. The van der Waals surface area contributed by atoms with Crippen LogP contribution in [0.15, 0.2) is 29.2 Å². The molecule has 0 saturated carbocycles. The second-order valence-corrected chi connectivity index (χ2v) is 5.19. The van der Waals surface area contributed by atoms with Crippen LogP contribution in [0, 0.1) is 11.6 Å². The van der Waals surface area contributed by atoms with Gasteiger partial charge in [0.1, 0.15) is 12.6 Å². The minimum atomic E-state index is -1.36. The first-order chi connectivity index (χ1) is 12.1. The Labute approximate surface area is 138 Å². The molecule has 0 aliphatic carbocycles. The molecule has 1 fully saturated rings. The first-order valence-electron chi connectivity index (χ1n) is 7.06. The highest BCUT2D eigenvalue weighted by Gasteiger charge is 2.40. The molecule has 1 aromatic carbocycles. The summed E-state index contributed by atoms with van der Waals surface area (Å²) in [5, 5.41) is 3.63. The van der Waals surface area contributed by atoms with Crippen LogP contribution >= 0.6 is 0 Å². The molecule has 2 aromatic heterocycles. The monoisotopic (exact) mass is 346 g/mol. The molecule has 8 nitrogen and oxygen atoms in total. The summed E-state index contributed by atoms with van der Waals surface area (Å²) in [6.45, 7) is -0.0317. The van der Waals surface area contributed by atoms with Crippen molar-refractivity contribution in [2.75, 3.05) is 11.5 Å². The zero-order chi connectivity index (χ0) is 17.6. The summed E-state index contributed by atoms with van der Waals surface area (Å²) in [5.41, 5.74) is -0.601. The predicted octanol–water partition coefficient (Wildman–Crippen LogP) is 2.41. The molecule has 10 heteroatoms. The van der Waals surface area contributed by atoms with Crippen molar-refractivity contribution in [2.24, 2.45) is 0 Å². The minimum absolute atomic E-state index is 0.0317. The summed E-state index contributed by atoms with van der Waals surface area (Å²) in [5.74, 6) is -2.81. The maximum Gasteiger partial charge on any atom is 0.416 e. The largest absolute Gasteiger partial charge is 0.446 e. The van der Waals surface area contributed by atoms with Gasteiger partial charge in [-0.15, -0.1) is 0 Å². The highest BCUT2D eigenvalue weighted by Crippen LogP contribution is 2.37. The minimum Gasteiger partial charge on any atom is -0.446 e. The van der Waals surface area contributed by atoms with Crippen LogP contribution in [-0.4, -0.2) is 34.1 Å². The number of carbonyl (C=O) groups excluding carboxylic acids is 2. The Bertz CT molecular complexity index is 992. The molecular weight excluding hydrogens is 338 g/mol. The average molecular weight is 346 g/mol. The summed E-state index contributed by atoms with van der Waals surface area (Å²) < 4.78 is 37.6. The number of halogens is 2. The molecule has 1 amide bonds. The molecule has 1 aliphatic rings. The molecule has 1 aliphatic heterocycles. The number of rotatable bonds is 3. The molecular formula is C15H8F2N4O4. The van der Waals surface area contributed by atoms with Crippen molar-refractivity contribution in [2.45, 2.75) is 6.04 Å². The molecule has 0 spiro atoms. The van der Waals surface area contributed by atoms with Crippen molar-refractivity contribution in [1.29, 1.82) is 0 Å². The van der Waals surface area contributed by atoms with Crippen LogP contribution in [0.4, 0.5) is 19.4 Å². The van der Waals surface area contributed by atoms with E-state index < -0.39 is 34.9 Å². The Balaban J connectivity index is 1.89. The number of anilines is 1. The summed E-state index contributed by atoms with van der Waals surface area (Å²) in [6, 6.07) is 0.383. The van der Waals surface area contributed by atoms with Crippen LogP contribution in [0.3, 0.4) is 0 Å². The van der Waals surface area contributed by atoms with Gasteiger partial charge in [-0.05, 0) is 6.07 Å². The van der Waals surface area contributed by atoms with Gasteiger partial charge in [-0.3, -0.25) is 14.8 Å². The van der Waals surface area contributed by atoms with Gasteiger partial charge in [0.15, 0.2) is 17.9 Å². The lowest BCUT2D eigenvalue weighted by Crippen LogP contribution is -2.28. The molecule has 4 rings (SSSR count). The van der Waals surface area contributed by atoms with Crippen LogP contribution < -0.4 is 4.90 Å². The topological polar surface area (TPSA) is 98.4 Å². The molecule has 3 heterocycles. The van der Waals surface area contributed by atoms with Gasteiger partial charge >= 0.3 is 6.09 Å². The quantitative estimate of drug-likeness (QED) is 0.672. The normalized spacial score (nSPS) is 17.1. The molecule has 1 saturated heterocycles. The molecule has 1 unspecified atom stereocenters. The Morgan fingerprint density at radius 1 is 1.28 bits per heavy atom. The zero-order valence-electron chi connectivity index (χ0n) is 12.3. The molecule has 0 radical (unpaired) electrons. The Hall–Kier alpha value is -3.43. The molecule has 1 atom stereocenters. The molecule has 25 heavy (non-hydrogen) atoms. The van der Waals surface area contributed by atoms with Crippen molar-refractivity contribution in [3.8, 4) is 0 Å². The van der Waals surface area contributed by atoms with Gasteiger partial charge < -0.3 is 9.26 Å². The molecule has 0 bridgehead atoms. The first-order valence-corrected chi connectivity index (χ1v) is 7.06. The molecule has 0 N–H and O–H groups in total. The van der Waals surface area contributed by atoms with Crippen LogP contribution in [0.5, 0.6) is 0 Å².